The molecular formula is C12H17NO6S. The third kappa shape index (κ3) is 4.78. The molecule has 20 heavy (non-hydrogen) atoms. The normalized spacial score (nSPS) is 11.3. The van der Waals surface area contributed by atoms with Crippen molar-refractivity contribution in [1.82, 2.24) is 0 Å². The smallest absolute Gasteiger partial charge is 0.310 e. The van der Waals surface area contributed by atoms with Crippen LogP contribution in [0.15, 0.2) is 18.2 Å². The summed E-state index contributed by atoms with van der Waals surface area (Å²) in [5.74, 6) is -0.163. The van der Waals surface area contributed by atoms with Gasteiger partial charge in [-0.2, -0.15) is 0 Å². The van der Waals surface area contributed by atoms with Gasteiger partial charge in [0.05, 0.1) is 23.0 Å². The maximum Gasteiger partial charge on any atom is 0.310 e. The van der Waals surface area contributed by atoms with Gasteiger partial charge in [-0.15, -0.1) is 0 Å². The molecule has 0 aromatic heterocycles. The van der Waals surface area contributed by atoms with Gasteiger partial charge in [0, 0.05) is 6.07 Å². The highest BCUT2D eigenvalue weighted by Crippen LogP contribution is 2.28. The Bertz CT molecular complexity index is 569. The van der Waals surface area contributed by atoms with Gasteiger partial charge in [-0.25, -0.2) is 8.42 Å². The minimum atomic E-state index is -3.19. The first-order valence-corrected chi connectivity index (χ1v) is 7.93. The molecule has 0 saturated heterocycles. The Morgan fingerprint density at radius 2 is 2.05 bits per heavy atom. The molecule has 112 valence electrons. The number of benzene rings is 1. The van der Waals surface area contributed by atoms with Crippen molar-refractivity contribution in [2.45, 2.75) is 20.0 Å². The molecule has 0 atom stereocenters. The first-order valence-electron chi connectivity index (χ1n) is 6.11. The molecule has 0 heterocycles. The second-order valence-corrected chi connectivity index (χ2v) is 6.52. The van der Waals surface area contributed by atoms with Gasteiger partial charge in [0.2, 0.25) is 0 Å². The van der Waals surface area contributed by atoms with Crippen molar-refractivity contribution in [1.29, 1.82) is 0 Å². The van der Waals surface area contributed by atoms with Crippen LogP contribution in [0, 0.1) is 10.1 Å². The number of ether oxygens (including phenoxy) is 1. The number of aliphatic hydroxyl groups excluding tert-OH is 1. The summed E-state index contributed by atoms with van der Waals surface area (Å²) >= 11 is 0. The third-order valence-electron chi connectivity index (χ3n) is 2.57. The lowest BCUT2D eigenvalue weighted by Crippen LogP contribution is -2.17. The third-order valence-corrected chi connectivity index (χ3v) is 4.39. The molecule has 7 nitrogen and oxygen atoms in total. The molecule has 0 saturated carbocycles. The molecule has 0 fully saturated rings. The van der Waals surface area contributed by atoms with Crippen LogP contribution in [0.1, 0.15) is 18.9 Å². The highest BCUT2D eigenvalue weighted by molar-refractivity contribution is 7.91. The first kappa shape index (κ1) is 16.4. The molecule has 0 radical (unpaired) electrons. The van der Waals surface area contributed by atoms with Crippen LogP contribution in [-0.2, 0) is 16.4 Å². The van der Waals surface area contributed by atoms with Crippen molar-refractivity contribution < 1.29 is 23.2 Å². The van der Waals surface area contributed by atoms with Crippen LogP contribution in [0.4, 0.5) is 5.69 Å². The van der Waals surface area contributed by atoms with E-state index in [4.69, 9.17) is 9.84 Å². The lowest BCUT2D eigenvalue weighted by atomic mass is 10.2. The van der Waals surface area contributed by atoms with Gasteiger partial charge in [0.15, 0.2) is 15.6 Å². The number of rotatable bonds is 8. The van der Waals surface area contributed by atoms with E-state index in [2.05, 4.69) is 0 Å². The van der Waals surface area contributed by atoms with E-state index in [0.29, 0.717) is 12.0 Å². The lowest BCUT2D eigenvalue weighted by Gasteiger charge is -2.08. The SMILES string of the molecule is CCCS(=O)(=O)CCOc1cc(CO)ccc1[N+](=O)[O-]. The van der Waals surface area contributed by atoms with Gasteiger partial charge in [0.1, 0.15) is 6.61 Å². The number of aliphatic hydroxyl groups is 1. The standard InChI is InChI=1S/C12H17NO6S/c1-2-6-20(17,18)7-5-19-12-8-10(9-14)3-4-11(12)13(15)16/h3-4,8,14H,2,5-7,9H2,1H3. The molecule has 1 rings (SSSR count). The number of hydrogen-bond acceptors (Lipinski definition) is 6. The second kappa shape index (κ2) is 7.20. The molecular weight excluding hydrogens is 286 g/mol. The topological polar surface area (TPSA) is 107 Å². The zero-order chi connectivity index (χ0) is 15.2. The second-order valence-electron chi connectivity index (χ2n) is 4.22. The number of nitrogens with zero attached hydrogens (tertiary/aromatic N) is 1. The minimum absolute atomic E-state index is 0.0340. The van der Waals surface area contributed by atoms with Gasteiger partial charge in [-0.1, -0.05) is 6.92 Å². The van der Waals surface area contributed by atoms with Crippen molar-refractivity contribution in [2.75, 3.05) is 18.1 Å². The maximum atomic E-state index is 11.5. The Morgan fingerprint density at radius 1 is 1.35 bits per heavy atom. The monoisotopic (exact) mass is 303 g/mol. The Hall–Kier alpha value is -1.67. The van der Waals surface area contributed by atoms with E-state index in [1.807, 2.05) is 0 Å². The van der Waals surface area contributed by atoms with Crippen molar-refractivity contribution in [3.8, 4) is 5.75 Å². The molecule has 1 N–H and O–H groups in total. The summed E-state index contributed by atoms with van der Waals surface area (Å²) in [6.07, 6.45) is 0.516. The van der Waals surface area contributed by atoms with Gasteiger partial charge in [-0.3, -0.25) is 10.1 Å². The Kier molecular flexibility index (Phi) is 5.90. The summed E-state index contributed by atoms with van der Waals surface area (Å²) < 4.78 is 28.2. The fourth-order valence-electron chi connectivity index (χ4n) is 1.61. The molecule has 8 heteroatoms. The molecule has 0 spiro atoms. The van der Waals surface area contributed by atoms with Crippen LogP contribution in [0.3, 0.4) is 0 Å². The average Bonchev–Trinajstić information content (AvgIpc) is 2.37. The Labute approximate surface area is 117 Å². The molecule has 0 aliphatic rings. The molecule has 1 aromatic rings. The van der Waals surface area contributed by atoms with E-state index in [0.717, 1.165) is 0 Å². The number of sulfone groups is 1. The predicted octanol–water partition coefficient (Wildman–Crippen LogP) is 1.29. The summed E-state index contributed by atoms with van der Waals surface area (Å²) in [6.45, 7) is 1.33. The zero-order valence-electron chi connectivity index (χ0n) is 11.1. The highest BCUT2D eigenvalue weighted by Gasteiger charge is 2.17. The number of nitro groups is 1. The number of hydrogen-bond donors (Lipinski definition) is 1. The van der Waals surface area contributed by atoms with E-state index >= 15 is 0 Å². The van der Waals surface area contributed by atoms with E-state index < -0.39 is 14.8 Å². The summed E-state index contributed by atoms with van der Waals surface area (Å²) in [6, 6.07) is 3.98. The van der Waals surface area contributed by atoms with Crippen molar-refractivity contribution in [2.24, 2.45) is 0 Å². The summed E-state index contributed by atoms with van der Waals surface area (Å²) in [4.78, 5) is 10.2. The molecule has 1 aromatic carbocycles. The maximum absolute atomic E-state index is 11.5. The largest absolute Gasteiger partial charge is 0.486 e. The summed E-state index contributed by atoms with van der Waals surface area (Å²) in [5, 5.41) is 19.8. The summed E-state index contributed by atoms with van der Waals surface area (Å²) in [5.41, 5.74) is 0.206. The van der Waals surface area contributed by atoms with Crippen molar-refractivity contribution in [3.05, 3.63) is 33.9 Å². The highest BCUT2D eigenvalue weighted by atomic mass is 32.2. The van der Waals surface area contributed by atoms with Gasteiger partial charge < -0.3 is 9.84 Å². The Balaban J connectivity index is 2.78. The van der Waals surface area contributed by atoms with E-state index in [1.54, 1.807) is 6.92 Å². The van der Waals surface area contributed by atoms with Crippen LogP contribution in [0.5, 0.6) is 5.75 Å². The average molecular weight is 303 g/mol. The summed E-state index contributed by atoms with van der Waals surface area (Å²) in [7, 11) is -3.19. The van der Waals surface area contributed by atoms with Crippen molar-refractivity contribution >= 4 is 15.5 Å². The first-order chi connectivity index (χ1) is 9.39. The molecule has 0 bridgehead atoms. The van der Waals surface area contributed by atoms with Crippen LogP contribution < -0.4 is 4.74 Å². The van der Waals surface area contributed by atoms with Gasteiger partial charge in [-0.05, 0) is 24.1 Å². The minimum Gasteiger partial charge on any atom is -0.486 e. The van der Waals surface area contributed by atoms with Gasteiger partial charge >= 0.3 is 5.69 Å². The fraction of sp³-hybridized carbons (Fsp3) is 0.500. The van der Waals surface area contributed by atoms with E-state index in [1.165, 1.54) is 18.2 Å². The molecule has 0 amide bonds. The van der Waals surface area contributed by atoms with Gasteiger partial charge in [0.25, 0.3) is 0 Å². The molecule has 0 aliphatic carbocycles. The van der Waals surface area contributed by atoms with Crippen LogP contribution in [-0.4, -0.2) is 36.6 Å². The predicted molar refractivity (Wildman–Crippen MR) is 73.5 cm³/mol. The fourth-order valence-corrected chi connectivity index (χ4v) is 2.78. The van der Waals surface area contributed by atoms with Crippen LogP contribution in [0.2, 0.25) is 0 Å². The lowest BCUT2D eigenvalue weighted by molar-refractivity contribution is -0.385. The van der Waals surface area contributed by atoms with E-state index in [-0.39, 0.29) is 36.2 Å². The van der Waals surface area contributed by atoms with Crippen molar-refractivity contribution in [3.63, 3.8) is 0 Å². The van der Waals surface area contributed by atoms with E-state index in [9.17, 15) is 18.5 Å². The quantitative estimate of drug-likeness (QED) is 0.573. The van der Waals surface area contributed by atoms with Crippen LogP contribution >= 0.6 is 0 Å². The zero-order valence-corrected chi connectivity index (χ0v) is 11.9. The Morgan fingerprint density at radius 3 is 2.60 bits per heavy atom. The van der Waals surface area contributed by atoms with Crippen LogP contribution in [0.25, 0.3) is 0 Å². The molecule has 0 aliphatic heterocycles. The molecule has 0 unspecified atom stereocenters. The number of nitro benzene ring substituents is 1.